The Balaban J connectivity index is 3.74. The topological polar surface area (TPSA) is 24.1 Å². The minimum absolute atomic E-state index is 0.458. The molecule has 2 nitrogen and oxygen atoms in total. The molecule has 0 radical (unpaired) electrons. The van der Waals surface area contributed by atoms with E-state index in [0.29, 0.717) is 18.1 Å². The Kier molecular flexibility index (Phi) is 5.51. The monoisotopic (exact) mass is 158 g/mol. The number of rotatable bonds is 5. The van der Waals surface area contributed by atoms with E-state index in [4.69, 9.17) is 0 Å². The molecule has 0 fully saturated rings. The van der Waals surface area contributed by atoms with Gasteiger partial charge < -0.3 is 5.32 Å². The highest BCUT2D eigenvalue weighted by Crippen LogP contribution is 2.04. The lowest BCUT2D eigenvalue weighted by Gasteiger charge is -2.25. The molecule has 0 amide bonds. The van der Waals surface area contributed by atoms with Crippen LogP contribution < -0.4 is 10.6 Å². The van der Waals surface area contributed by atoms with Crippen LogP contribution in [0.2, 0.25) is 0 Å². The molecular formula is C9H22N2. The molecule has 0 aliphatic rings. The third-order valence-electron chi connectivity index (χ3n) is 2.04. The second-order valence-corrected chi connectivity index (χ2v) is 3.47. The van der Waals surface area contributed by atoms with Crippen LogP contribution in [-0.4, -0.2) is 19.3 Å². The van der Waals surface area contributed by atoms with Gasteiger partial charge in [-0.2, -0.15) is 0 Å². The summed E-state index contributed by atoms with van der Waals surface area (Å²) in [7, 11) is 2.01. The number of hydrogen-bond donors (Lipinski definition) is 2. The molecule has 11 heavy (non-hydrogen) atoms. The Morgan fingerprint density at radius 1 is 1.18 bits per heavy atom. The molecule has 0 bridgehead atoms. The summed E-state index contributed by atoms with van der Waals surface area (Å²) in [6.45, 7) is 8.83. The van der Waals surface area contributed by atoms with E-state index in [2.05, 4.69) is 38.3 Å². The maximum atomic E-state index is 3.47. The lowest BCUT2D eigenvalue weighted by Crippen LogP contribution is -2.47. The maximum absolute atomic E-state index is 3.47. The molecule has 0 aromatic rings. The highest BCUT2D eigenvalue weighted by molar-refractivity contribution is 4.70. The molecule has 0 rings (SSSR count). The van der Waals surface area contributed by atoms with Crippen molar-refractivity contribution in [1.29, 1.82) is 0 Å². The molecule has 0 aromatic heterocycles. The summed E-state index contributed by atoms with van der Waals surface area (Å²) in [6.07, 6.45) is 1.67. The van der Waals surface area contributed by atoms with Gasteiger partial charge in [-0.1, -0.05) is 20.3 Å². The molecule has 0 aliphatic carbocycles. The molecule has 0 aromatic carbocycles. The first kappa shape index (κ1) is 10.9. The van der Waals surface area contributed by atoms with Crippen molar-refractivity contribution in [3.63, 3.8) is 0 Å². The van der Waals surface area contributed by atoms with Crippen LogP contribution in [0.25, 0.3) is 0 Å². The first-order valence-electron chi connectivity index (χ1n) is 4.55. The van der Waals surface area contributed by atoms with E-state index >= 15 is 0 Å². The summed E-state index contributed by atoms with van der Waals surface area (Å²) in [5.41, 5.74) is 0. The Morgan fingerprint density at radius 2 is 1.73 bits per heavy atom. The summed E-state index contributed by atoms with van der Waals surface area (Å²) < 4.78 is 0. The Morgan fingerprint density at radius 3 is 2.00 bits per heavy atom. The predicted molar refractivity (Wildman–Crippen MR) is 50.6 cm³/mol. The zero-order valence-corrected chi connectivity index (χ0v) is 8.44. The fraction of sp³-hybridized carbons (Fsp3) is 1.00. The Bertz CT molecular complexity index is 91.6. The summed E-state index contributed by atoms with van der Waals surface area (Å²) >= 11 is 0. The molecule has 2 heteroatoms. The summed E-state index contributed by atoms with van der Waals surface area (Å²) in [4.78, 5) is 0. The van der Waals surface area contributed by atoms with Crippen molar-refractivity contribution in [2.75, 3.05) is 7.05 Å². The van der Waals surface area contributed by atoms with E-state index < -0.39 is 0 Å². The fourth-order valence-corrected chi connectivity index (χ4v) is 1.13. The second-order valence-electron chi connectivity index (χ2n) is 3.47. The van der Waals surface area contributed by atoms with Gasteiger partial charge in [-0.05, 0) is 26.8 Å². The van der Waals surface area contributed by atoms with E-state index in [0.717, 1.165) is 0 Å². The van der Waals surface area contributed by atoms with E-state index in [1.165, 1.54) is 6.42 Å². The standard InChI is InChI=1S/C9H22N2/c1-6-8(4)9(10-5)11-7(2)3/h7-11H,6H2,1-5H3. The fourth-order valence-electron chi connectivity index (χ4n) is 1.13. The molecule has 2 unspecified atom stereocenters. The lowest BCUT2D eigenvalue weighted by molar-refractivity contribution is 0.307. The molecule has 0 heterocycles. The Labute approximate surface area is 70.8 Å². The van der Waals surface area contributed by atoms with Gasteiger partial charge in [-0.15, -0.1) is 0 Å². The summed E-state index contributed by atoms with van der Waals surface area (Å²) in [6, 6.07) is 0.557. The van der Waals surface area contributed by atoms with Gasteiger partial charge in [-0.25, -0.2) is 0 Å². The minimum atomic E-state index is 0.458. The smallest absolute Gasteiger partial charge is 0.0597 e. The highest BCUT2D eigenvalue weighted by atomic mass is 15.1. The van der Waals surface area contributed by atoms with Crippen LogP contribution in [-0.2, 0) is 0 Å². The summed E-state index contributed by atoms with van der Waals surface area (Å²) in [5, 5.41) is 6.74. The van der Waals surface area contributed by atoms with E-state index in [1.54, 1.807) is 0 Å². The van der Waals surface area contributed by atoms with E-state index in [9.17, 15) is 0 Å². The van der Waals surface area contributed by atoms with Gasteiger partial charge in [0.15, 0.2) is 0 Å². The normalized spacial score (nSPS) is 16.9. The van der Waals surface area contributed by atoms with Crippen molar-refractivity contribution in [3.8, 4) is 0 Å². The first-order chi connectivity index (χ1) is 5.11. The molecule has 68 valence electrons. The van der Waals surface area contributed by atoms with E-state index in [-0.39, 0.29) is 0 Å². The Hall–Kier alpha value is -0.0800. The highest BCUT2D eigenvalue weighted by Gasteiger charge is 2.12. The van der Waals surface area contributed by atoms with Crippen LogP contribution in [0.5, 0.6) is 0 Å². The van der Waals surface area contributed by atoms with Gasteiger partial charge in [-0.3, -0.25) is 5.32 Å². The lowest BCUT2D eigenvalue weighted by atomic mass is 10.1. The maximum Gasteiger partial charge on any atom is 0.0597 e. The quantitative estimate of drug-likeness (QED) is 0.594. The molecule has 2 atom stereocenters. The van der Waals surface area contributed by atoms with Crippen LogP contribution in [0, 0.1) is 5.92 Å². The molecule has 0 spiro atoms. The SMILES string of the molecule is CCC(C)C(NC)NC(C)C. The van der Waals surface area contributed by atoms with Gasteiger partial charge >= 0.3 is 0 Å². The van der Waals surface area contributed by atoms with Gasteiger partial charge in [0.25, 0.3) is 0 Å². The van der Waals surface area contributed by atoms with Crippen LogP contribution in [0.4, 0.5) is 0 Å². The van der Waals surface area contributed by atoms with Crippen molar-refractivity contribution in [1.82, 2.24) is 10.6 Å². The second kappa shape index (κ2) is 5.56. The predicted octanol–water partition coefficient (Wildman–Crippen LogP) is 1.58. The van der Waals surface area contributed by atoms with Crippen LogP contribution >= 0.6 is 0 Å². The zero-order valence-electron chi connectivity index (χ0n) is 8.44. The van der Waals surface area contributed by atoms with Crippen molar-refractivity contribution < 1.29 is 0 Å². The van der Waals surface area contributed by atoms with Crippen molar-refractivity contribution in [3.05, 3.63) is 0 Å². The summed E-state index contributed by atoms with van der Waals surface area (Å²) in [5.74, 6) is 0.697. The molecule has 0 saturated carbocycles. The zero-order chi connectivity index (χ0) is 8.85. The largest absolute Gasteiger partial charge is 0.305 e. The third kappa shape index (κ3) is 4.38. The molecule has 0 saturated heterocycles. The van der Waals surface area contributed by atoms with Crippen molar-refractivity contribution in [2.24, 2.45) is 5.92 Å². The van der Waals surface area contributed by atoms with Gasteiger partial charge in [0.2, 0.25) is 0 Å². The van der Waals surface area contributed by atoms with Gasteiger partial charge in [0.1, 0.15) is 0 Å². The molecule has 0 aliphatic heterocycles. The number of hydrogen-bond acceptors (Lipinski definition) is 2. The molecule has 2 N–H and O–H groups in total. The first-order valence-corrected chi connectivity index (χ1v) is 4.55. The van der Waals surface area contributed by atoms with Crippen molar-refractivity contribution in [2.45, 2.75) is 46.3 Å². The van der Waals surface area contributed by atoms with Crippen LogP contribution in [0.3, 0.4) is 0 Å². The third-order valence-corrected chi connectivity index (χ3v) is 2.04. The molecular weight excluding hydrogens is 136 g/mol. The average Bonchev–Trinajstić information content (AvgIpc) is 1.98. The van der Waals surface area contributed by atoms with Crippen molar-refractivity contribution >= 4 is 0 Å². The van der Waals surface area contributed by atoms with E-state index in [1.807, 2.05) is 7.05 Å². The van der Waals surface area contributed by atoms with Crippen LogP contribution in [0.1, 0.15) is 34.1 Å². The van der Waals surface area contributed by atoms with Crippen LogP contribution in [0.15, 0.2) is 0 Å². The minimum Gasteiger partial charge on any atom is -0.305 e. The number of nitrogens with one attached hydrogen (secondary N) is 2. The average molecular weight is 158 g/mol. The van der Waals surface area contributed by atoms with Gasteiger partial charge in [0, 0.05) is 6.04 Å². The van der Waals surface area contributed by atoms with Gasteiger partial charge in [0.05, 0.1) is 6.17 Å².